The number of nitrogens with zero attached hydrogens (tertiary/aromatic N) is 4. The van der Waals surface area contributed by atoms with E-state index in [0.29, 0.717) is 29.1 Å². The fraction of sp³-hybridized carbons (Fsp3) is 0.333. The minimum Gasteiger partial charge on any atom is -0.458 e. The number of cyclic esters (lactones) is 1. The van der Waals surface area contributed by atoms with Crippen LogP contribution in [0, 0.1) is 0 Å². The Kier molecular flexibility index (Phi) is 3.75. The molecule has 0 fully saturated rings. The van der Waals surface area contributed by atoms with Gasteiger partial charge < -0.3 is 19.3 Å². The topological polar surface area (TPSA) is 97.0 Å². The van der Waals surface area contributed by atoms with Crippen molar-refractivity contribution in [3.05, 3.63) is 51.3 Å². The van der Waals surface area contributed by atoms with E-state index in [9.17, 15) is 14.7 Å². The van der Waals surface area contributed by atoms with Crippen molar-refractivity contribution in [3.63, 3.8) is 0 Å². The molecule has 3 aliphatic heterocycles. The summed E-state index contributed by atoms with van der Waals surface area (Å²) < 4.78 is 6.84. The molecule has 5 heterocycles. The van der Waals surface area contributed by atoms with Crippen LogP contribution in [0.25, 0.3) is 22.3 Å². The van der Waals surface area contributed by atoms with E-state index in [1.807, 2.05) is 24.5 Å². The molecule has 0 radical (unpaired) electrons. The highest BCUT2D eigenvalue weighted by Gasteiger charge is 2.45. The van der Waals surface area contributed by atoms with Crippen LogP contribution >= 0.6 is 0 Å². The lowest BCUT2D eigenvalue weighted by Gasteiger charge is -2.31. The Morgan fingerprint density at radius 1 is 1.25 bits per heavy atom. The number of rotatable bonds is 2. The van der Waals surface area contributed by atoms with Gasteiger partial charge in [0.2, 0.25) is 0 Å². The normalized spacial score (nSPS) is 20.4. The first-order valence-corrected chi connectivity index (χ1v) is 10.8. The smallest absolute Gasteiger partial charge is 0.343 e. The fourth-order valence-electron chi connectivity index (χ4n) is 5.05. The van der Waals surface area contributed by atoms with E-state index in [1.165, 1.54) is 0 Å². The van der Waals surface area contributed by atoms with Crippen LogP contribution in [-0.4, -0.2) is 33.0 Å². The molecule has 0 aliphatic carbocycles. The van der Waals surface area contributed by atoms with E-state index in [0.717, 1.165) is 27.8 Å². The third kappa shape index (κ3) is 2.25. The fourth-order valence-corrected chi connectivity index (χ4v) is 5.05. The summed E-state index contributed by atoms with van der Waals surface area (Å²) in [7, 11) is 0. The van der Waals surface area contributed by atoms with Crippen molar-refractivity contribution in [2.75, 3.05) is 4.90 Å². The Morgan fingerprint density at radius 2 is 2.06 bits per heavy atom. The summed E-state index contributed by atoms with van der Waals surface area (Å²) in [6.45, 7) is 6.11. The van der Waals surface area contributed by atoms with Crippen LogP contribution in [0.5, 0.6) is 0 Å². The maximum atomic E-state index is 13.5. The summed E-state index contributed by atoms with van der Waals surface area (Å²) in [6.07, 6.45) is 1.95. The van der Waals surface area contributed by atoms with Gasteiger partial charge in [-0.2, -0.15) is 0 Å². The quantitative estimate of drug-likeness (QED) is 0.491. The number of esters is 1. The molecule has 8 nitrogen and oxygen atoms in total. The number of pyridine rings is 2. The first-order chi connectivity index (χ1) is 15.3. The monoisotopic (exact) mass is 430 g/mol. The van der Waals surface area contributed by atoms with E-state index < -0.39 is 11.6 Å². The number of aromatic nitrogens is 2. The molecule has 0 amide bonds. The number of anilines is 1. The van der Waals surface area contributed by atoms with Crippen LogP contribution in [0.3, 0.4) is 0 Å². The van der Waals surface area contributed by atoms with Crippen molar-refractivity contribution < 1.29 is 14.6 Å². The zero-order valence-electron chi connectivity index (χ0n) is 18.0. The van der Waals surface area contributed by atoms with Gasteiger partial charge in [0.05, 0.1) is 52.1 Å². The molecule has 2 aromatic heterocycles. The van der Waals surface area contributed by atoms with Gasteiger partial charge in [0.15, 0.2) is 5.60 Å². The lowest BCUT2D eigenvalue weighted by molar-refractivity contribution is -0.172. The molecule has 0 unspecified atom stereocenters. The highest BCUT2D eigenvalue weighted by Crippen LogP contribution is 2.46. The van der Waals surface area contributed by atoms with E-state index in [4.69, 9.17) is 9.72 Å². The average Bonchev–Trinajstić information content (AvgIpc) is 3.16. The van der Waals surface area contributed by atoms with Gasteiger partial charge in [0.1, 0.15) is 6.61 Å². The van der Waals surface area contributed by atoms with E-state index in [1.54, 1.807) is 17.6 Å². The minimum absolute atomic E-state index is 0.117. The summed E-state index contributed by atoms with van der Waals surface area (Å²) >= 11 is 0. The van der Waals surface area contributed by atoms with Gasteiger partial charge in [-0.05, 0) is 38.5 Å². The molecule has 3 aromatic rings. The number of fused-ring (bicyclic) bond motifs is 5. The molecule has 1 aromatic carbocycles. The molecule has 162 valence electrons. The van der Waals surface area contributed by atoms with Crippen molar-refractivity contribution in [1.82, 2.24) is 9.55 Å². The number of hydrogen-bond acceptors (Lipinski definition) is 7. The Hall–Kier alpha value is -3.52. The van der Waals surface area contributed by atoms with Gasteiger partial charge in [-0.1, -0.05) is 13.0 Å². The van der Waals surface area contributed by atoms with Crippen LogP contribution in [0.15, 0.2) is 34.1 Å². The maximum absolute atomic E-state index is 13.5. The Bertz CT molecular complexity index is 1440. The average molecular weight is 430 g/mol. The van der Waals surface area contributed by atoms with Gasteiger partial charge in [-0.15, -0.1) is 0 Å². The van der Waals surface area contributed by atoms with Crippen molar-refractivity contribution in [3.8, 4) is 11.4 Å². The van der Waals surface area contributed by atoms with Crippen LogP contribution in [0.2, 0.25) is 0 Å². The predicted molar refractivity (Wildman–Crippen MR) is 120 cm³/mol. The Balaban J connectivity index is 1.68. The number of ether oxygens (including phenoxy) is 1. The highest BCUT2D eigenvalue weighted by molar-refractivity contribution is 6.11. The molecule has 0 saturated heterocycles. The van der Waals surface area contributed by atoms with Gasteiger partial charge in [-0.25, -0.2) is 14.8 Å². The van der Waals surface area contributed by atoms with E-state index in [-0.39, 0.29) is 24.6 Å². The summed E-state index contributed by atoms with van der Waals surface area (Å²) in [6, 6.07) is 7.74. The first-order valence-electron chi connectivity index (χ1n) is 10.8. The molecule has 6 rings (SSSR count). The summed E-state index contributed by atoms with van der Waals surface area (Å²) in [4.78, 5) is 37.5. The predicted octanol–water partition coefficient (Wildman–Crippen LogP) is 2.97. The second-order valence-corrected chi connectivity index (χ2v) is 8.81. The third-order valence-electron chi connectivity index (χ3n) is 6.80. The highest BCUT2D eigenvalue weighted by atomic mass is 16.6. The van der Waals surface area contributed by atoms with Crippen molar-refractivity contribution >= 4 is 34.6 Å². The summed E-state index contributed by atoms with van der Waals surface area (Å²) in [5.74, 6) is -0.719. The molecule has 1 N–H and O–H groups in total. The van der Waals surface area contributed by atoms with Crippen LogP contribution < -0.4 is 10.5 Å². The molecular formula is C24H22N4O4. The van der Waals surface area contributed by atoms with Gasteiger partial charge in [-0.3, -0.25) is 4.79 Å². The number of benzene rings is 1. The van der Waals surface area contributed by atoms with Crippen LogP contribution in [0.4, 0.5) is 11.4 Å². The maximum Gasteiger partial charge on any atom is 0.343 e. The number of hydrogen-bond donors (Lipinski definition) is 1. The van der Waals surface area contributed by atoms with E-state index in [2.05, 4.69) is 23.7 Å². The zero-order valence-corrected chi connectivity index (χ0v) is 18.0. The standard InChI is InChI=1S/C24H22N4O4/c1-4-24(31)15-8-18-20-13(9-27(18)22(29)14(15)10-32-23(24)30)21-19-16(6-5-7-17(19)26-20)25-11-28(21)12(2)3/h5-8,11-12,31H,4,9-10H2,1-3H3/t24-/m0/s1. The lowest BCUT2D eigenvalue weighted by Crippen LogP contribution is -2.44. The largest absolute Gasteiger partial charge is 0.458 e. The molecule has 1 atom stereocenters. The number of carbonyl (C=O) groups excluding carboxylic acids is 1. The van der Waals surface area contributed by atoms with Crippen LogP contribution in [0.1, 0.15) is 43.9 Å². The molecule has 32 heavy (non-hydrogen) atoms. The molecule has 8 heteroatoms. The summed E-state index contributed by atoms with van der Waals surface area (Å²) in [5, 5.41) is 12.0. The van der Waals surface area contributed by atoms with Crippen LogP contribution in [-0.2, 0) is 28.3 Å². The Labute approximate surface area is 183 Å². The zero-order chi connectivity index (χ0) is 22.4. The molecule has 0 bridgehead atoms. The minimum atomic E-state index is -1.83. The van der Waals surface area contributed by atoms with Crippen molar-refractivity contribution in [1.29, 1.82) is 0 Å². The van der Waals surface area contributed by atoms with Gasteiger partial charge in [0, 0.05) is 17.2 Å². The molecule has 3 aliphatic rings. The van der Waals surface area contributed by atoms with Crippen molar-refractivity contribution in [2.24, 2.45) is 4.99 Å². The number of carbonyl (C=O) groups is 1. The molecule has 0 saturated carbocycles. The SMILES string of the molecule is CC[C@@]1(O)C(=O)OCc2c1cc1n(c2=O)Cc2c-1nc1cccc3c1c2N(C(C)C)C=N3. The lowest BCUT2D eigenvalue weighted by atomic mass is 9.86. The number of aliphatic hydroxyl groups is 1. The molecular weight excluding hydrogens is 408 g/mol. The van der Waals surface area contributed by atoms with Gasteiger partial charge >= 0.3 is 5.97 Å². The first kappa shape index (κ1) is 19.2. The number of aliphatic imine (C=N–C) groups is 1. The second kappa shape index (κ2) is 6.26. The van der Waals surface area contributed by atoms with Crippen molar-refractivity contribution in [2.45, 2.75) is 52.0 Å². The van der Waals surface area contributed by atoms with Gasteiger partial charge in [0.25, 0.3) is 5.56 Å². The van der Waals surface area contributed by atoms with E-state index >= 15 is 0 Å². The molecule has 0 spiro atoms. The third-order valence-corrected chi connectivity index (χ3v) is 6.80. The second-order valence-electron chi connectivity index (χ2n) is 8.81. The summed E-state index contributed by atoms with van der Waals surface area (Å²) in [5.41, 5.74) is 3.46. The Morgan fingerprint density at radius 3 is 2.81 bits per heavy atom.